The minimum atomic E-state index is -0.562. The van der Waals surface area contributed by atoms with E-state index in [1.165, 1.54) is 13.2 Å². The zero-order valence-electron chi connectivity index (χ0n) is 19.3. The van der Waals surface area contributed by atoms with Crippen molar-refractivity contribution in [2.24, 2.45) is 0 Å². The molecule has 0 spiro atoms. The summed E-state index contributed by atoms with van der Waals surface area (Å²) in [5.41, 5.74) is 5.11. The number of ether oxygens (including phenoxy) is 2. The Kier molecular flexibility index (Phi) is 8.22. The molecule has 0 aliphatic carbocycles. The van der Waals surface area contributed by atoms with E-state index in [0.717, 1.165) is 22.3 Å². The highest BCUT2D eigenvalue weighted by molar-refractivity contribution is 6.32. The Morgan fingerprint density at radius 3 is 2.35 bits per heavy atom. The molecule has 0 atom stereocenters. The Labute approximate surface area is 209 Å². The highest BCUT2D eigenvalue weighted by Gasteiger charge is 2.15. The van der Waals surface area contributed by atoms with Crippen molar-refractivity contribution < 1.29 is 14.3 Å². The number of aryl methyl sites for hydroxylation is 3. The average Bonchev–Trinajstić information content (AvgIpc) is 2.78. The normalized spacial score (nSPS) is 11.0. The van der Waals surface area contributed by atoms with Gasteiger partial charge < -0.3 is 14.8 Å². The number of hydrogen-bond acceptors (Lipinski definition) is 4. The van der Waals surface area contributed by atoms with Gasteiger partial charge in [0.05, 0.1) is 12.1 Å². The number of rotatable bonds is 7. The van der Waals surface area contributed by atoms with E-state index in [4.69, 9.17) is 32.7 Å². The predicted octanol–water partition coefficient (Wildman–Crippen LogP) is 7.05. The molecule has 0 heterocycles. The number of carbonyl (C=O) groups is 1. The van der Waals surface area contributed by atoms with Gasteiger partial charge in [0.2, 0.25) is 0 Å². The highest BCUT2D eigenvalue weighted by atomic mass is 35.5. The van der Waals surface area contributed by atoms with Gasteiger partial charge >= 0.3 is 0 Å². The monoisotopic (exact) mass is 494 g/mol. The third kappa shape index (κ3) is 6.32. The smallest absolute Gasteiger partial charge is 0.266 e. The van der Waals surface area contributed by atoms with E-state index in [-0.39, 0.29) is 5.57 Å². The lowest BCUT2D eigenvalue weighted by atomic mass is 10.1. The van der Waals surface area contributed by atoms with E-state index in [1.807, 2.05) is 39.0 Å². The maximum atomic E-state index is 12.6. The van der Waals surface area contributed by atoms with Gasteiger partial charge in [0, 0.05) is 10.7 Å². The van der Waals surface area contributed by atoms with Crippen molar-refractivity contribution in [1.82, 2.24) is 0 Å². The molecule has 34 heavy (non-hydrogen) atoms. The molecule has 3 aromatic rings. The van der Waals surface area contributed by atoms with Crippen LogP contribution in [0.2, 0.25) is 10.0 Å². The van der Waals surface area contributed by atoms with Gasteiger partial charge in [-0.1, -0.05) is 58.6 Å². The number of nitrogens with zero attached hydrogens (tertiary/aromatic N) is 1. The van der Waals surface area contributed by atoms with Crippen molar-refractivity contribution in [3.8, 4) is 17.6 Å². The second-order valence-electron chi connectivity index (χ2n) is 7.91. The van der Waals surface area contributed by atoms with E-state index >= 15 is 0 Å². The molecule has 174 valence electrons. The van der Waals surface area contributed by atoms with E-state index in [1.54, 1.807) is 30.3 Å². The van der Waals surface area contributed by atoms with Crippen LogP contribution in [0.3, 0.4) is 0 Å². The maximum absolute atomic E-state index is 12.6. The molecule has 0 bridgehead atoms. The first kappa shape index (κ1) is 25.2. The third-order valence-electron chi connectivity index (χ3n) is 5.02. The Bertz CT molecular complexity index is 1290. The van der Waals surface area contributed by atoms with Crippen molar-refractivity contribution in [1.29, 1.82) is 5.26 Å². The number of hydrogen-bond donors (Lipinski definition) is 1. The van der Waals surface area contributed by atoms with Crippen molar-refractivity contribution >= 4 is 40.9 Å². The molecule has 5 nitrogen and oxygen atoms in total. The quantitative estimate of drug-likeness (QED) is 0.282. The van der Waals surface area contributed by atoms with Crippen LogP contribution in [0.1, 0.15) is 27.8 Å². The molecule has 0 aromatic heterocycles. The lowest BCUT2D eigenvalue weighted by Crippen LogP contribution is -2.13. The summed E-state index contributed by atoms with van der Waals surface area (Å²) >= 11 is 12.6. The van der Waals surface area contributed by atoms with Crippen LogP contribution >= 0.6 is 23.2 Å². The summed E-state index contributed by atoms with van der Waals surface area (Å²) in [4.78, 5) is 12.6. The van der Waals surface area contributed by atoms with E-state index in [9.17, 15) is 10.1 Å². The summed E-state index contributed by atoms with van der Waals surface area (Å²) in [7, 11) is 1.50. The van der Waals surface area contributed by atoms with Gasteiger partial charge in [-0.3, -0.25) is 4.79 Å². The van der Waals surface area contributed by atoms with Crippen LogP contribution in [0.4, 0.5) is 5.69 Å². The summed E-state index contributed by atoms with van der Waals surface area (Å²) in [5, 5.41) is 13.1. The van der Waals surface area contributed by atoms with Crippen molar-refractivity contribution in [3.63, 3.8) is 0 Å². The fourth-order valence-electron chi connectivity index (χ4n) is 3.46. The number of nitriles is 1. The molecule has 0 radical (unpaired) electrons. The Morgan fingerprint density at radius 2 is 1.74 bits per heavy atom. The molecular weight excluding hydrogens is 471 g/mol. The Hall–Kier alpha value is -3.46. The zero-order valence-corrected chi connectivity index (χ0v) is 20.8. The number of methoxy groups -OCH3 is 1. The Balaban J connectivity index is 1.82. The zero-order chi connectivity index (χ0) is 24.8. The molecule has 1 N–H and O–H groups in total. The molecule has 0 unspecified atom stereocenters. The number of anilines is 1. The lowest BCUT2D eigenvalue weighted by molar-refractivity contribution is -0.112. The van der Waals surface area contributed by atoms with E-state index in [2.05, 4.69) is 11.4 Å². The molecule has 1 amide bonds. The number of amides is 1. The van der Waals surface area contributed by atoms with Crippen LogP contribution in [0.5, 0.6) is 11.5 Å². The van der Waals surface area contributed by atoms with Crippen molar-refractivity contribution in [2.75, 3.05) is 12.4 Å². The second kappa shape index (κ2) is 11.1. The molecule has 7 heteroatoms. The van der Waals surface area contributed by atoms with Crippen LogP contribution in [-0.2, 0) is 11.4 Å². The minimum absolute atomic E-state index is 0.0984. The van der Waals surface area contributed by atoms with Crippen molar-refractivity contribution in [2.45, 2.75) is 27.4 Å². The first-order valence-corrected chi connectivity index (χ1v) is 11.2. The average molecular weight is 495 g/mol. The molecule has 3 aromatic carbocycles. The van der Waals surface area contributed by atoms with Gasteiger partial charge in [0.15, 0.2) is 11.5 Å². The lowest BCUT2D eigenvalue weighted by Gasteiger charge is -2.14. The van der Waals surface area contributed by atoms with Crippen LogP contribution < -0.4 is 14.8 Å². The fraction of sp³-hybridized carbons (Fsp3) is 0.185. The van der Waals surface area contributed by atoms with Crippen molar-refractivity contribution in [3.05, 3.63) is 92.0 Å². The molecule has 0 fully saturated rings. The largest absolute Gasteiger partial charge is 0.493 e. The van der Waals surface area contributed by atoms with Gasteiger partial charge in [-0.05, 0) is 67.8 Å². The van der Waals surface area contributed by atoms with E-state index < -0.39 is 5.91 Å². The maximum Gasteiger partial charge on any atom is 0.266 e. The topological polar surface area (TPSA) is 71.3 Å². The molecule has 0 aliphatic heterocycles. The first-order chi connectivity index (χ1) is 16.2. The molecule has 0 saturated heterocycles. The third-order valence-corrected chi connectivity index (χ3v) is 5.71. The second-order valence-corrected chi connectivity index (χ2v) is 8.72. The van der Waals surface area contributed by atoms with Gasteiger partial charge in [-0.15, -0.1) is 0 Å². The summed E-state index contributed by atoms with van der Waals surface area (Å²) in [5.74, 6) is 0.219. The molecular formula is C27H24Cl2N2O3. The van der Waals surface area contributed by atoms with Gasteiger partial charge in [-0.25, -0.2) is 0 Å². The fourth-order valence-corrected chi connectivity index (χ4v) is 3.91. The number of benzene rings is 3. The summed E-state index contributed by atoms with van der Waals surface area (Å²) in [6.45, 7) is 6.24. The number of nitrogens with one attached hydrogen (secondary N) is 1. The molecule has 0 saturated carbocycles. The minimum Gasteiger partial charge on any atom is -0.493 e. The molecule has 3 rings (SSSR count). The first-order valence-electron chi connectivity index (χ1n) is 10.5. The van der Waals surface area contributed by atoms with Gasteiger partial charge in [-0.2, -0.15) is 5.26 Å². The highest BCUT2D eigenvalue weighted by Crippen LogP contribution is 2.37. The van der Waals surface area contributed by atoms with Gasteiger partial charge in [0.1, 0.15) is 18.2 Å². The Morgan fingerprint density at radius 1 is 1.03 bits per heavy atom. The summed E-state index contributed by atoms with van der Waals surface area (Å²) in [6.07, 6.45) is 1.44. The standard InChI is InChI=1S/C27H24Cl2N2O3/c1-16-7-17(2)9-20(8-16)15-34-26-24(29)11-19(12-25(26)33-4)10-21(14-30)27(32)31-22-6-5-18(3)23(28)13-22/h5-13H,15H2,1-4H3,(H,31,32)/b21-10+. The SMILES string of the molecule is COc1cc(/C=C(\C#N)C(=O)Nc2ccc(C)c(Cl)c2)cc(Cl)c1OCc1cc(C)cc(C)c1. The van der Waals surface area contributed by atoms with E-state index in [0.29, 0.717) is 39.4 Å². The number of carbonyl (C=O) groups excluding carboxylic acids is 1. The van der Waals surface area contributed by atoms with Crippen LogP contribution in [-0.4, -0.2) is 13.0 Å². The van der Waals surface area contributed by atoms with Crippen LogP contribution in [0.25, 0.3) is 6.08 Å². The summed E-state index contributed by atoms with van der Waals surface area (Å²) in [6, 6.07) is 16.5. The molecule has 0 aliphatic rings. The number of halogens is 2. The van der Waals surface area contributed by atoms with Crippen LogP contribution in [0.15, 0.2) is 54.1 Å². The summed E-state index contributed by atoms with van der Waals surface area (Å²) < 4.78 is 11.4. The van der Waals surface area contributed by atoms with Crippen LogP contribution in [0, 0.1) is 32.1 Å². The van der Waals surface area contributed by atoms with Gasteiger partial charge in [0.25, 0.3) is 5.91 Å². The predicted molar refractivity (Wildman–Crippen MR) is 137 cm³/mol.